The first-order valence-corrected chi connectivity index (χ1v) is 12.6. The molecule has 0 aliphatic carbocycles. The van der Waals surface area contributed by atoms with Gasteiger partial charge in [0.25, 0.3) is 5.56 Å². The maximum absolute atomic E-state index is 14.5. The van der Waals surface area contributed by atoms with Gasteiger partial charge in [-0.2, -0.15) is 0 Å². The van der Waals surface area contributed by atoms with E-state index in [0.29, 0.717) is 55.6 Å². The molecule has 0 unspecified atom stereocenters. The number of aromatic amines is 1. The Morgan fingerprint density at radius 1 is 1.05 bits per heavy atom. The zero-order chi connectivity index (χ0) is 26.2. The lowest BCUT2D eigenvalue weighted by atomic mass is 9.99. The molecule has 0 spiro atoms. The topological polar surface area (TPSA) is 96.1 Å². The second-order valence-corrected chi connectivity index (χ2v) is 9.75. The molecule has 1 saturated heterocycles. The highest BCUT2D eigenvalue weighted by molar-refractivity contribution is 5.83. The molecule has 0 radical (unpaired) electrons. The Morgan fingerprint density at radius 2 is 1.87 bits per heavy atom. The van der Waals surface area contributed by atoms with E-state index in [1.165, 1.54) is 6.07 Å². The van der Waals surface area contributed by atoms with E-state index < -0.39 is 6.04 Å². The smallest absolute Gasteiger partial charge is 0.253 e. The summed E-state index contributed by atoms with van der Waals surface area (Å²) in [6.07, 6.45) is 1.61. The second kappa shape index (κ2) is 9.86. The Labute approximate surface area is 218 Å². The molecule has 4 heterocycles. The van der Waals surface area contributed by atoms with E-state index in [9.17, 15) is 9.18 Å². The first kappa shape index (κ1) is 24.1. The van der Waals surface area contributed by atoms with Crippen LogP contribution in [0.2, 0.25) is 0 Å². The molecule has 1 aliphatic rings. The van der Waals surface area contributed by atoms with Crippen molar-refractivity contribution in [2.24, 2.45) is 0 Å². The van der Waals surface area contributed by atoms with Gasteiger partial charge in [0.15, 0.2) is 5.82 Å². The van der Waals surface area contributed by atoms with E-state index in [1.807, 2.05) is 49.1 Å². The van der Waals surface area contributed by atoms with Gasteiger partial charge < -0.3 is 14.3 Å². The van der Waals surface area contributed by atoms with Gasteiger partial charge in [-0.05, 0) is 71.8 Å². The molecule has 38 heavy (non-hydrogen) atoms. The molecule has 10 heteroatoms. The molecule has 194 valence electrons. The predicted molar refractivity (Wildman–Crippen MR) is 142 cm³/mol. The molecule has 1 N–H and O–H groups in total. The molecule has 1 atom stereocenters. The molecular formula is C28H28FN7O2. The number of furan rings is 1. The lowest BCUT2D eigenvalue weighted by molar-refractivity contribution is 0.199. The summed E-state index contributed by atoms with van der Waals surface area (Å²) in [6, 6.07) is 16.0. The standard InChI is InChI=1S/C28H28FN7O2/c1-18-14-19(2)21-16-22(28(37)30-24(21)15-18)26(27-31-32-33-36(27)17-20-6-5-13-38-20)35-11-9-34(10-12-35)25-8-4-3-7-23(25)29/h3-8,13-16,26H,9-12,17H2,1-2H3,(H,30,37)/t26-/m1/s1. The predicted octanol–water partition coefficient (Wildman–Crippen LogP) is 3.82. The summed E-state index contributed by atoms with van der Waals surface area (Å²) in [4.78, 5) is 20.9. The van der Waals surface area contributed by atoms with Crippen LogP contribution in [0.1, 0.15) is 34.3 Å². The summed E-state index contributed by atoms with van der Waals surface area (Å²) in [5, 5.41) is 13.6. The van der Waals surface area contributed by atoms with Gasteiger partial charge in [-0.3, -0.25) is 9.69 Å². The number of rotatable bonds is 6. The number of tetrazole rings is 1. The van der Waals surface area contributed by atoms with Crippen molar-refractivity contribution in [3.05, 3.63) is 105 Å². The van der Waals surface area contributed by atoms with Gasteiger partial charge in [-0.1, -0.05) is 18.2 Å². The van der Waals surface area contributed by atoms with Crippen molar-refractivity contribution in [1.29, 1.82) is 0 Å². The fourth-order valence-electron chi connectivity index (χ4n) is 5.39. The Bertz CT molecular complexity index is 1640. The second-order valence-electron chi connectivity index (χ2n) is 9.75. The summed E-state index contributed by atoms with van der Waals surface area (Å²) in [5.41, 5.74) is 3.93. The van der Waals surface area contributed by atoms with Gasteiger partial charge in [0.05, 0.1) is 12.0 Å². The molecule has 1 fully saturated rings. The Morgan fingerprint density at radius 3 is 2.63 bits per heavy atom. The largest absolute Gasteiger partial charge is 0.467 e. The van der Waals surface area contributed by atoms with Crippen LogP contribution in [0, 0.1) is 19.7 Å². The van der Waals surface area contributed by atoms with Crippen LogP contribution in [-0.4, -0.2) is 56.3 Å². The highest BCUT2D eigenvalue weighted by Gasteiger charge is 2.33. The quantitative estimate of drug-likeness (QED) is 0.369. The van der Waals surface area contributed by atoms with Crippen molar-refractivity contribution in [2.45, 2.75) is 26.4 Å². The molecule has 1 aliphatic heterocycles. The monoisotopic (exact) mass is 513 g/mol. The van der Waals surface area contributed by atoms with Crippen LogP contribution in [0.4, 0.5) is 10.1 Å². The van der Waals surface area contributed by atoms with Crippen LogP contribution in [0.5, 0.6) is 0 Å². The number of fused-ring (bicyclic) bond motifs is 1. The number of benzene rings is 2. The molecule has 0 saturated carbocycles. The number of H-pyrrole nitrogens is 1. The summed E-state index contributed by atoms with van der Waals surface area (Å²) in [6.45, 7) is 6.78. The minimum atomic E-state index is -0.503. The van der Waals surface area contributed by atoms with Crippen LogP contribution >= 0.6 is 0 Å². The summed E-state index contributed by atoms with van der Waals surface area (Å²) >= 11 is 0. The van der Waals surface area contributed by atoms with Crippen LogP contribution in [0.15, 0.2) is 70.1 Å². The zero-order valence-electron chi connectivity index (χ0n) is 21.3. The zero-order valence-corrected chi connectivity index (χ0v) is 21.3. The fourth-order valence-corrected chi connectivity index (χ4v) is 5.39. The van der Waals surface area contributed by atoms with Crippen LogP contribution in [0.3, 0.4) is 0 Å². The van der Waals surface area contributed by atoms with Crippen molar-refractivity contribution in [3.63, 3.8) is 0 Å². The fraction of sp³-hybridized carbons (Fsp3) is 0.286. The molecule has 5 aromatic rings. The highest BCUT2D eigenvalue weighted by Crippen LogP contribution is 2.30. The summed E-state index contributed by atoms with van der Waals surface area (Å²) < 4.78 is 21.7. The third kappa shape index (κ3) is 4.47. The van der Waals surface area contributed by atoms with Crippen molar-refractivity contribution in [3.8, 4) is 0 Å². The van der Waals surface area contributed by atoms with Gasteiger partial charge in [0, 0.05) is 42.6 Å². The van der Waals surface area contributed by atoms with Crippen LogP contribution in [0.25, 0.3) is 10.9 Å². The number of pyridine rings is 1. The van der Waals surface area contributed by atoms with Crippen molar-refractivity contribution >= 4 is 16.6 Å². The number of para-hydroxylation sites is 1. The Kier molecular flexibility index (Phi) is 6.24. The molecule has 3 aromatic heterocycles. The minimum Gasteiger partial charge on any atom is -0.467 e. The lowest BCUT2D eigenvalue weighted by Crippen LogP contribution is -2.49. The van der Waals surface area contributed by atoms with Gasteiger partial charge in [-0.15, -0.1) is 5.10 Å². The van der Waals surface area contributed by atoms with Gasteiger partial charge in [0.2, 0.25) is 0 Å². The molecule has 9 nitrogen and oxygen atoms in total. The molecular weight excluding hydrogens is 485 g/mol. The Hall–Kier alpha value is -4.31. The van der Waals surface area contributed by atoms with Gasteiger partial charge in [-0.25, -0.2) is 9.07 Å². The first-order chi connectivity index (χ1) is 18.5. The van der Waals surface area contributed by atoms with E-state index in [1.54, 1.807) is 23.1 Å². The molecule has 0 bridgehead atoms. The molecule has 0 amide bonds. The normalized spacial score (nSPS) is 15.3. The van der Waals surface area contributed by atoms with E-state index in [0.717, 1.165) is 22.0 Å². The SMILES string of the molecule is Cc1cc(C)c2cc([C@H](c3nnnn3Cc3ccco3)N3CCN(c4ccccc4F)CC3)c(=O)[nH]c2c1. The van der Waals surface area contributed by atoms with E-state index in [2.05, 4.69) is 31.5 Å². The average Bonchev–Trinajstić information content (AvgIpc) is 3.58. The number of hydrogen-bond acceptors (Lipinski definition) is 7. The third-order valence-corrected chi connectivity index (χ3v) is 7.20. The average molecular weight is 514 g/mol. The number of hydrogen-bond donors (Lipinski definition) is 1. The summed E-state index contributed by atoms with van der Waals surface area (Å²) in [5.74, 6) is 1.02. The number of nitrogens with zero attached hydrogens (tertiary/aromatic N) is 6. The lowest BCUT2D eigenvalue weighted by Gasteiger charge is -2.39. The van der Waals surface area contributed by atoms with Crippen molar-refractivity contribution in [1.82, 2.24) is 30.1 Å². The third-order valence-electron chi connectivity index (χ3n) is 7.20. The number of aryl methyl sites for hydroxylation is 2. The number of piperazine rings is 1. The number of anilines is 1. The maximum Gasteiger partial charge on any atom is 0.253 e. The minimum absolute atomic E-state index is 0.184. The maximum atomic E-state index is 14.5. The van der Waals surface area contributed by atoms with Crippen LogP contribution < -0.4 is 10.5 Å². The van der Waals surface area contributed by atoms with Gasteiger partial charge in [0.1, 0.15) is 24.2 Å². The van der Waals surface area contributed by atoms with Gasteiger partial charge >= 0.3 is 0 Å². The number of nitrogens with one attached hydrogen (secondary N) is 1. The van der Waals surface area contributed by atoms with Crippen molar-refractivity contribution < 1.29 is 8.81 Å². The van der Waals surface area contributed by atoms with E-state index in [4.69, 9.17) is 4.42 Å². The van der Waals surface area contributed by atoms with E-state index >= 15 is 0 Å². The number of aromatic nitrogens is 5. The van der Waals surface area contributed by atoms with Crippen molar-refractivity contribution in [2.75, 3.05) is 31.1 Å². The summed E-state index contributed by atoms with van der Waals surface area (Å²) in [7, 11) is 0. The first-order valence-electron chi connectivity index (χ1n) is 12.6. The molecule has 2 aromatic carbocycles. The highest BCUT2D eigenvalue weighted by atomic mass is 19.1. The molecule has 6 rings (SSSR count). The van der Waals surface area contributed by atoms with E-state index in [-0.39, 0.29) is 11.4 Å². The Balaban J connectivity index is 1.41. The van der Waals surface area contributed by atoms with Crippen LogP contribution in [-0.2, 0) is 6.54 Å². The number of halogens is 1.